The standard InChI is InChI=1S/C22H22ClN3O2/c1-15-3-4-17(11-20(15)28-2)22(9-10-22)21(27)24-12-16-13-25-26(14-16)19-7-5-18(23)6-8-19/h3-8,11,13-14H,9-10,12H2,1-2H3,(H,24,27). The lowest BCUT2D eigenvalue weighted by molar-refractivity contribution is -0.123. The fraction of sp³-hybridized carbons (Fsp3) is 0.273. The first-order chi connectivity index (χ1) is 13.5. The zero-order chi connectivity index (χ0) is 19.7. The fourth-order valence-corrected chi connectivity index (χ4v) is 3.55. The van der Waals surface area contributed by atoms with Gasteiger partial charge in [0.2, 0.25) is 5.91 Å². The minimum Gasteiger partial charge on any atom is -0.496 e. The molecule has 1 N–H and O–H groups in total. The molecule has 1 aliphatic carbocycles. The number of halogens is 1. The van der Waals surface area contributed by atoms with E-state index in [4.69, 9.17) is 16.3 Å². The zero-order valence-corrected chi connectivity index (χ0v) is 16.7. The lowest BCUT2D eigenvalue weighted by Gasteiger charge is -2.17. The van der Waals surface area contributed by atoms with Gasteiger partial charge in [-0.1, -0.05) is 23.7 Å². The van der Waals surface area contributed by atoms with Crippen molar-refractivity contribution in [2.75, 3.05) is 7.11 Å². The van der Waals surface area contributed by atoms with E-state index in [1.54, 1.807) is 18.0 Å². The molecule has 1 amide bonds. The predicted octanol–water partition coefficient (Wildman–Crippen LogP) is 4.19. The molecule has 1 aromatic heterocycles. The predicted molar refractivity (Wildman–Crippen MR) is 109 cm³/mol. The van der Waals surface area contributed by atoms with Crippen molar-refractivity contribution in [2.24, 2.45) is 0 Å². The molecule has 28 heavy (non-hydrogen) atoms. The first kappa shape index (κ1) is 18.6. The number of carbonyl (C=O) groups is 1. The Morgan fingerprint density at radius 2 is 2.00 bits per heavy atom. The second-order valence-corrected chi connectivity index (χ2v) is 7.66. The van der Waals surface area contributed by atoms with E-state index in [2.05, 4.69) is 10.4 Å². The van der Waals surface area contributed by atoms with Crippen molar-refractivity contribution in [1.29, 1.82) is 0 Å². The molecule has 1 fully saturated rings. The van der Waals surface area contributed by atoms with Crippen molar-refractivity contribution in [1.82, 2.24) is 15.1 Å². The van der Waals surface area contributed by atoms with Gasteiger partial charge >= 0.3 is 0 Å². The van der Waals surface area contributed by atoms with Crippen LogP contribution in [0.15, 0.2) is 54.9 Å². The molecule has 2 aromatic carbocycles. The van der Waals surface area contributed by atoms with Gasteiger partial charge in [-0.2, -0.15) is 5.10 Å². The fourth-order valence-electron chi connectivity index (χ4n) is 3.43. The van der Waals surface area contributed by atoms with Crippen molar-refractivity contribution in [3.63, 3.8) is 0 Å². The van der Waals surface area contributed by atoms with Crippen LogP contribution in [0.1, 0.15) is 29.5 Å². The number of hydrogen-bond acceptors (Lipinski definition) is 3. The summed E-state index contributed by atoms with van der Waals surface area (Å²) in [6, 6.07) is 13.5. The summed E-state index contributed by atoms with van der Waals surface area (Å²) in [5, 5.41) is 8.13. The average molecular weight is 396 g/mol. The first-order valence-electron chi connectivity index (χ1n) is 9.25. The molecule has 6 heteroatoms. The molecule has 5 nitrogen and oxygen atoms in total. The van der Waals surface area contributed by atoms with E-state index >= 15 is 0 Å². The van der Waals surface area contributed by atoms with E-state index in [9.17, 15) is 4.79 Å². The van der Waals surface area contributed by atoms with Gasteiger partial charge in [-0.3, -0.25) is 4.79 Å². The van der Waals surface area contributed by atoms with E-state index in [0.717, 1.165) is 41.0 Å². The van der Waals surface area contributed by atoms with Crippen molar-refractivity contribution < 1.29 is 9.53 Å². The topological polar surface area (TPSA) is 56.1 Å². The molecular weight excluding hydrogens is 374 g/mol. The summed E-state index contributed by atoms with van der Waals surface area (Å²) < 4.78 is 7.19. The highest BCUT2D eigenvalue weighted by Gasteiger charge is 2.51. The molecule has 0 spiro atoms. The van der Waals surface area contributed by atoms with Crippen molar-refractivity contribution in [3.05, 3.63) is 76.6 Å². The second-order valence-electron chi connectivity index (χ2n) is 7.22. The zero-order valence-electron chi connectivity index (χ0n) is 15.9. The Labute approximate surface area is 169 Å². The second kappa shape index (κ2) is 7.32. The van der Waals surface area contributed by atoms with Crippen molar-refractivity contribution in [2.45, 2.75) is 31.7 Å². The summed E-state index contributed by atoms with van der Waals surface area (Å²) in [6.45, 7) is 2.44. The maximum atomic E-state index is 12.9. The highest BCUT2D eigenvalue weighted by atomic mass is 35.5. The summed E-state index contributed by atoms with van der Waals surface area (Å²) in [7, 11) is 1.66. The van der Waals surface area contributed by atoms with Gasteiger partial charge in [-0.25, -0.2) is 4.68 Å². The molecule has 144 valence electrons. The molecule has 1 heterocycles. The number of rotatable bonds is 6. The molecule has 0 bridgehead atoms. The Bertz CT molecular complexity index is 1010. The van der Waals surface area contributed by atoms with E-state index in [1.807, 2.05) is 55.6 Å². The number of nitrogens with zero attached hydrogens (tertiary/aromatic N) is 2. The normalized spacial score (nSPS) is 14.5. The number of nitrogens with one attached hydrogen (secondary N) is 1. The van der Waals surface area contributed by atoms with Crippen LogP contribution >= 0.6 is 11.6 Å². The van der Waals surface area contributed by atoms with E-state index < -0.39 is 5.41 Å². The first-order valence-corrected chi connectivity index (χ1v) is 9.62. The largest absolute Gasteiger partial charge is 0.496 e. The highest BCUT2D eigenvalue weighted by Crippen LogP contribution is 2.49. The number of benzene rings is 2. The number of aromatic nitrogens is 2. The van der Waals surface area contributed by atoms with Gasteiger partial charge in [0.05, 0.1) is 24.4 Å². The lowest BCUT2D eigenvalue weighted by Crippen LogP contribution is -2.34. The number of amides is 1. The molecule has 3 aromatic rings. The molecule has 0 aliphatic heterocycles. The van der Waals surface area contributed by atoms with Crippen LogP contribution in [0.5, 0.6) is 5.75 Å². The monoisotopic (exact) mass is 395 g/mol. The summed E-state index contributed by atoms with van der Waals surface area (Å²) >= 11 is 5.93. The van der Waals surface area contributed by atoms with Gasteiger partial charge in [-0.05, 0) is 61.2 Å². The molecule has 0 radical (unpaired) electrons. The molecule has 0 atom stereocenters. The van der Waals surface area contributed by atoms with Crippen LogP contribution < -0.4 is 10.1 Å². The smallest absolute Gasteiger partial charge is 0.230 e. The molecule has 0 saturated heterocycles. The van der Waals surface area contributed by atoms with Gasteiger partial charge in [0.15, 0.2) is 0 Å². The third-order valence-electron chi connectivity index (χ3n) is 5.33. The van der Waals surface area contributed by atoms with Crippen molar-refractivity contribution >= 4 is 17.5 Å². The highest BCUT2D eigenvalue weighted by molar-refractivity contribution is 6.30. The maximum Gasteiger partial charge on any atom is 0.230 e. The van der Waals surface area contributed by atoms with Gasteiger partial charge in [0.25, 0.3) is 0 Å². The summed E-state index contributed by atoms with van der Waals surface area (Å²) in [4.78, 5) is 12.9. The number of ether oxygens (including phenoxy) is 1. The Hall–Kier alpha value is -2.79. The van der Waals surface area contributed by atoms with E-state index in [-0.39, 0.29) is 5.91 Å². The third kappa shape index (κ3) is 3.50. The Balaban J connectivity index is 1.44. The van der Waals surface area contributed by atoms with Gasteiger partial charge < -0.3 is 10.1 Å². The van der Waals surface area contributed by atoms with Crippen LogP contribution in [0.4, 0.5) is 0 Å². The van der Waals surface area contributed by atoms with Crippen molar-refractivity contribution in [3.8, 4) is 11.4 Å². The third-order valence-corrected chi connectivity index (χ3v) is 5.58. The Morgan fingerprint density at radius 3 is 2.68 bits per heavy atom. The summed E-state index contributed by atoms with van der Waals surface area (Å²) in [5.41, 5.74) is 3.52. The minimum absolute atomic E-state index is 0.0534. The maximum absolute atomic E-state index is 12.9. The molecule has 0 unspecified atom stereocenters. The van der Waals surface area contributed by atoms with E-state index in [0.29, 0.717) is 11.6 Å². The summed E-state index contributed by atoms with van der Waals surface area (Å²) in [5.74, 6) is 0.874. The number of aryl methyl sites for hydroxylation is 1. The molecule has 4 rings (SSSR count). The Kier molecular flexibility index (Phi) is 4.85. The van der Waals surface area contributed by atoms with Crippen LogP contribution in [-0.4, -0.2) is 22.8 Å². The van der Waals surface area contributed by atoms with Crippen LogP contribution in [-0.2, 0) is 16.8 Å². The van der Waals surface area contributed by atoms with Gasteiger partial charge in [0, 0.05) is 23.3 Å². The molecule has 1 aliphatic rings. The van der Waals surface area contributed by atoms with E-state index in [1.165, 1.54) is 0 Å². The van der Waals surface area contributed by atoms with Gasteiger partial charge in [0.1, 0.15) is 5.75 Å². The Morgan fingerprint density at radius 1 is 1.25 bits per heavy atom. The number of carbonyl (C=O) groups excluding carboxylic acids is 1. The summed E-state index contributed by atoms with van der Waals surface area (Å²) in [6.07, 6.45) is 5.39. The van der Waals surface area contributed by atoms with Crippen LogP contribution in [0.3, 0.4) is 0 Å². The number of methoxy groups -OCH3 is 1. The number of hydrogen-bond donors (Lipinski definition) is 1. The quantitative estimate of drug-likeness (QED) is 0.680. The van der Waals surface area contributed by atoms with Crippen LogP contribution in [0.2, 0.25) is 5.02 Å². The average Bonchev–Trinajstić information content (AvgIpc) is 3.39. The SMILES string of the molecule is COc1cc(C2(C(=O)NCc3cnn(-c4ccc(Cl)cc4)c3)CC2)ccc1C. The lowest BCUT2D eigenvalue weighted by atomic mass is 9.93. The minimum atomic E-state index is -0.437. The van der Waals surface area contributed by atoms with Crippen LogP contribution in [0, 0.1) is 6.92 Å². The van der Waals surface area contributed by atoms with Crippen LogP contribution in [0.25, 0.3) is 5.69 Å². The molecular formula is C22H22ClN3O2. The molecule has 1 saturated carbocycles. The van der Waals surface area contributed by atoms with Gasteiger partial charge in [-0.15, -0.1) is 0 Å².